The third-order valence-corrected chi connectivity index (χ3v) is 4.78. The first kappa shape index (κ1) is 21.3. The van der Waals surface area contributed by atoms with E-state index < -0.39 is 0 Å². The first-order chi connectivity index (χ1) is 14.3. The smallest absolute Gasteiger partial charge is 0.191 e. The van der Waals surface area contributed by atoms with Gasteiger partial charge in [0.2, 0.25) is 0 Å². The molecule has 0 bridgehead atoms. The molecule has 29 heavy (non-hydrogen) atoms. The Morgan fingerprint density at radius 3 is 2.97 bits per heavy atom. The van der Waals surface area contributed by atoms with Crippen molar-refractivity contribution in [2.45, 2.75) is 33.2 Å². The number of nitrogens with zero attached hydrogens (tertiary/aromatic N) is 4. The summed E-state index contributed by atoms with van der Waals surface area (Å²) in [5, 5.41) is 6.64. The average Bonchev–Trinajstić information content (AvgIpc) is 3.41. The maximum Gasteiger partial charge on any atom is 0.191 e. The molecule has 8 nitrogen and oxygen atoms in total. The number of rotatable bonds is 10. The van der Waals surface area contributed by atoms with Crippen LogP contribution in [0.4, 0.5) is 0 Å². The highest BCUT2D eigenvalue weighted by Gasteiger charge is 2.15. The summed E-state index contributed by atoms with van der Waals surface area (Å²) >= 11 is 0. The highest BCUT2D eigenvalue weighted by atomic mass is 16.5. The van der Waals surface area contributed by atoms with Crippen LogP contribution >= 0.6 is 0 Å². The molecule has 0 radical (unpaired) electrons. The Balaban J connectivity index is 1.40. The monoisotopic (exact) mass is 400 g/mol. The molecule has 0 amide bonds. The third kappa shape index (κ3) is 6.83. The van der Waals surface area contributed by atoms with Gasteiger partial charge in [-0.3, -0.25) is 4.57 Å². The summed E-state index contributed by atoms with van der Waals surface area (Å²) in [6.07, 6.45) is 7.61. The molecule has 1 atom stereocenters. The SMILES string of the molecule is CCNC(=NCc1ccc(-n2ccnc2C)nc1)NCCCOCC1CCOC1. The molecule has 1 aliphatic rings. The average molecular weight is 401 g/mol. The maximum atomic E-state index is 5.74. The van der Waals surface area contributed by atoms with Gasteiger partial charge in [0.05, 0.1) is 19.8 Å². The Morgan fingerprint density at radius 2 is 2.28 bits per heavy atom. The second-order valence-electron chi connectivity index (χ2n) is 7.15. The number of nitrogens with one attached hydrogen (secondary N) is 2. The van der Waals surface area contributed by atoms with Crippen LogP contribution in [-0.2, 0) is 16.0 Å². The van der Waals surface area contributed by atoms with Gasteiger partial charge in [0.25, 0.3) is 0 Å². The van der Waals surface area contributed by atoms with Crippen molar-refractivity contribution in [2.24, 2.45) is 10.9 Å². The Bertz CT molecular complexity index is 753. The molecule has 3 heterocycles. The van der Waals surface area contributed by atoms with Gasteiger partial charge in [0.15, 0.2) is 5.96 Å². The number of aryl methyl sites for hydroxylation is 1. The highest BCUT2D eigenvalue weighted by molar-refractivity contribution is 5.79. The van der Waals surface area contributed by atoms with Crippen LogP contribution in [0.3, 0.4) is 0 Å². The minimum absolute atomic E-state index is 0.569. The van der Waals surface area contributed by atoms with Crippen LogP contribution < -0.4 is 10.6 Å². The molecule has 2 aromatic heterocycles. The summed E-state index contributed by atoms with van der Waals surface area (Å²) < 4.78 is 13.1. The lowest BCUT2D eigenvalue weighted by Crippen LogP contribution is -2.38. The Hall–Kier alpha value is -2.45. The van der Waals surface area contributed by atoms with Crippen molar-refractivity contribution in [1.29, 1.82) is 0 Å². The number of guanidine groups is 1. The fraction of sp³-hybridized carbons (Fsp3) is 0.571. The van der Waals surface area contributed by atoms with Crippen molar-refractivity contribution < 1.29 is 9.47 Å². The van der Waals surface area contributed by atoms with Gasteiger partial charge in [0.1, 0.15) is 11.6 Å². The lowest BCUT2D eigenvalue weighted by atomic mass is 10.1. The summed E-state index contributed by atoms with van der Waals surface area (Å²) in [6, 6.07) is 4.04. The molecule has 3 rings (SSSR count). The van der Waals surface area contributed by atoms with Crippen LogP contribution in [0, 0.1) is 12.8 Å². The zero-order valence-electron chi connectivity index (χ0n) is 17.4. The molecule has 0 spiro atoms. The van der Waals surface area contributed by atoms with E-state index in [2.05, 4.69) is 38.6 Å². The predicted octanol–water partition coefficient (Wildman–Crippen LogP) is 2.07. The van der Waals surface area contributed by atoms with E-state index in [1.807, 2.05) is 30.0 Å². The van der Waals surface area contributed by atoms with Crippen molar-refractivity contribution in [1.82, 2.24) is 25.2 Å². The Morgan fingerprint density at radius 1 is 1.34 bits per heavy atom. The van der Waals surface area contributed by atoms with E-state index in [9.17, 15) is 0 Å². The van der Waals surface area contributed by atoms with E-state index in [0.29, 0.717) is 12.5 Å². The molecule has 1 aliphatic heterocycles. The zero-order valence-corrected chi connectivity index (χ0v) is 17.4. The van der Waals surface area contributed by atoms with Crippen LogP contribution in [0.25, 0.3) is 5.82 Å². The molecule has 1 fully saturated rings. The number of hydrogen-bond donors (Lipinski definition) is 2. The van der Waals surface area contributed by atoms with Crippen molar-refractivity contribution >= 4 is 5.96 Å². The van der Waals surface area contributed by atoms with Crippen molar-refractivity contribution in [3.63, 3.8) is 0 Å². The number of aliphatic imine (C=N–C) groups is 1. The molecule has 1 saturated heterocycles. The normalized spacial score (nSPS) is 16.9. The first-order valence-corrected chi connectivity index (χ1v) is 10.4. The summed E-state index contributed by atoms with van der Waals surface area (Å²) in [5.41, 5.74) is 1.06. The predicted molar refractivity (Wildman–Crippen MR) is 113 cm³/mol. The van der Waals surface area contributed by atoms with Gasteiger partial charge in [-0.1, -0.05) is 6.07 Å². The van der Waals surface area contributed by atoms with Crippen LogP contribution in [0.2, 0.25) is 0 Å². The van der Waals surface area contributed by atoms with E-state index in [1.165, 1.54) is 0 Å². The van der Waals surface area contributed by atoms with Gasteiger partial charge in [0, 0.05) is 50.8 Å². The molecular formula is C21H32N6O2. The standard InChI is InChI=1S/C21H32N6O2/c1-3-22-21(24-8-4-11-28-15-19-7-12-29-16-19)26-14-18-5-6-20(25-13-18)27-10-9-23-17(27)2/h5-6,9-10,13,19H,3-4,7-8,11-12,14-16H2,1-2H3,(H2,22,24,26). The molecule has 1 unspecified atom stereocenters. The van der Waals surface area contributed by atoms with Gasteiger partial charge in [-0.2, -0.15) is 0 Å². The van der Waals surface area contributed by atoms with Crippen molar-refractivity contribution in [3.8, 4) is 5.82 Å². The summed E-state index contributed by atoms with van der Waals surface area (Å²) in [6.45, 7) is 9.51. The second-order valence-corrected chi connectivity index (χ2v) is 7.15. The minimum atomic E-state index is 0.569. The van der Waals surface area contributed by atoms with Gasteiger partial charge in [-0.25, -0.2) is 15.0 Å². The molecule has 2 aromatic rings. The van der Waals surface area contributed by atoms with Gasteiger partial charge < -0.3 is 20.1 Å². The molecule has 0 saturated carbocycles. The van der Waals surface area contributed by atoms with Crippen molar-refractivity contribution in [2.75, 3.05) is 39.5 Å². The quantitative estimate of drug-likeness (QED) is 0.361. The number of imidazole rings is 1. The lowest BCUT2D eigenvalue weighted by Gasteiger charge is -2.12. The molecule has 2 N–H and O–H groups in total. The molecule has 8 heteroatoms. The van der Waals surface area contributed by atoms with E-state index in [1.54, 1.807) is 6.20 Å². The van der Waals surface area contributed by atoms with E-state index in [4.69, 9.17) is 9.47 Å². The van der Waals surface area contributed by atoms with Crippen LogP contribution in [0.15, 0.2) is 35.7 Å². The molecular weight excluding hydrogens is 368 g/mol. The van der Waals surface area contributed by atoms with E-state index >= 15 is 0 Å². The van der Waals surface area contributed by atoms with E-state index in [-0.39, 0.29) is 0 Å². The summed E-state index contributed by atoms with van der Waals surface area (Å²) in [5.74, 6) is 3.16. The summed E-state index contributed by atoms with van der Waals surface area (Å²) in [4.78, 5) is 13.4. The maximum absolute atomic E-state index is 5.74. The number of hydrogen-bond acceptors (Lipinski definition) is 5. The molecule has 158 valence electrons. The molecule has 0 aromatic carbocycles. The van der Waals surface area contributed by atoms with Crippen molar-refractivity contribution in [3.05, 3.63) is 42.1 Å². The second kappa shape index (κ2) is 11.5. The molecule has 0 aliphatic carbocycles. The van der Waals surface area contributed by atoms with Gasteiger partial charge in [-0.15, -0.1) is 0 Å². The van der Waals surface area contributed by atoms with Gasteiger partial charge in [-0.05, 0) is 38.3 Å². The van der Waals surface area contributed by atoms with Crippen LogP contribution in [0.5, 0.6) is 0 Å². The summed E-state index contributed by atoms with van der Waals surface area (Å²) in [7, 11) is 0. The van der Waals surface area contributed by atoms with Crippen LogP contribution in [-0.4, -0.2) is 60.0 Å². The van der Waals surface area contributed by atoms with Crippen LogP contribution in [0.1, 0.15) is 31.2 Å². The minimum Gasteiger partial charge on any atom is -0.381 e. The first-order valence-electron chi connectivity index (χ1n) is 10.4. The topological polar surface area (TPSA) is 85.6 Å². The van der Waals surface area contributed by atoms with Gasteiger partial charge >= 0.3 is 0 Å². The fourth-order valence-corrected chi connectivity index (χ4v) is 3.13. The zero-order chi connectivity index (χ0) is 20.3. The lowest BCUT2D eigenvalue weighted by molar-refractivity contribution is 0.0888. The fourth-order valence-electron chi connectivity index (χ4n) is 3.13. The Kier molecular flexibility index (Phi) is 8.45. The number of pyridine rings is 1. The largest absolute Gasteiger partial charge is 0.381 e. The third-order valence-electron chi connectivity index (χ3n) is 4.78. The highest BCUT2D eigenvalue weighted by Crippen LogP contribution is 2.12. The number of aromatic nitrogens is 3. The number of ether oxygens (including phenoxy) is 2. The Labute approximate surface area is 172 Å². The van der Waals surface area contributed by atoms with E-state index in [0.717, 1.165) is 75.5 Å².